The fourth-order valence-corrected chi connectivity index (χ4v) is 1.84. The van der Waals surface area contributed by atoms with Gasteiger partial charge in [-0.1, -0.05) is 0 Å². The molecule has 0 bridgehead atoms. The van der Waals surface area contributed by atoms with Crippen molar-refractivity contribution in [2.75, 3.05) is 19.8 Å². The number of hydrogen-bond acceptors (Lipinski definition) is 3. The second-order valence-electron chi connectivity index (χ2n) is 4.22. The maximum Gasteiger partial charge on any atom is 0.387 e. The average molecular weight is 258 g/mol. The standard InChI is InChI=1S/C13H16F2O3/c14-13(15)18-12-3-1-11(2-4-12)17-9-10-5-7-16-8-6-10/h1-4,10,13H,5-9H2. The highest BCUT2D eigenvalue weighted by atomic mass is 19.3. The highest BCUT2D eigenvalue weighted by Crippen LogP contribution is 2.21. The summed E-state index contributed by atoms with van der Waals surface area (Å²) < 4.78 is 39.0. The van der Waals surface area contributed by atoms with E-state index in [2.05, 4.69) is 4.74 Å². The van der Waals surface area contributed by atoms with Crippen molar-refractivity contribution >= 4 is 0 Å². The van der Waals surface area contributed by atoms with Crippen LogP contribution in [0.15, 0.2) is 24.3 Å². The van der Waals surface area contributed by atoms with Crippen molar-refractivity contribution in [2.24, 2.45) is 5.92 Å². The topological polar surface area (TPSA) is 27.7 Å². The molecule has 1 heterocycles. The fourth-order valence-electron chi connectivity index (χ4n) is 1.84. The number of hydrogen-bond donors (Lipinski definition) is 0. The van der Waals surface area contributed by atoms with Gasteiger partial charge in [0.1, 0.15) is 11.5 Å². The van der Waals surface area contributed by atoms with Crippen LogP contribution < -0.4 is 9.47 Å². The molecule has 100 valence electrons. The molecular formula is C13H16F2O3. The van der Waals surface area contributed by atoms with Gasteiger partial charge in [0, 0.05) is 13.2 Å². The molecule has 1 aromatic carbocycles. The van der Waals surface area contributed by atoms with Crippen LogP contribution in [0.3, 0.4) is 0 Å². The molecule has 0 radical (unpaired) electrons. The molecule has 18 heavy (non-hydrogen) atoms. The summed E-state index contributed by atoms with van der Waals surface area (Å²) >= 11 is 0. The molecule has 1 saturated heterocycles. The van der Waals surface area contributed by atoms with Gasteiger partial charge in [-0.25, -0.2) is 0 Å². The van der Waals surface area contributed by atoms with Gasteiger partial charge in [0.15, 0.2) is 0 Å². The Labute approximate surface area is 105 Å². The van der Waals surface area contributed by atoms with Crippen molar-refractivity contribution < 1.29 is 23.0 Å². The highest BCUT2D eigenvalue weighted by molar-refractivity contribution is 5.31. The van der Waals surface area contributed by atoms with Crippen molar-refractivity contribution in [3.8, 4) is 11.5 Å². The van der Waals surface area contributed by atoms with E-state index < -0.39 is 6.61 Å². The quantitative estimate of drug-likeness (QED) is 0.812. The zero-order chi connectivity index (χ0) is 12.8. The molecule has 5 heteroatoms. The van der Waals surface area contributed by atoms with E-state index in [1.165, 1.54) is 12.1 Å². The lowest BCUT2D eigenvalue weighted by molar-refractivity contribution is -0.0498. The van der Waals surface area contributed by atoms with E-state index in [0.29, 0.717) is 18.3 Å². The van der Waals surface area contributed by atoms with Crippen LogP contribution in [0.25, 0.3) is 0 Å². The summed E-state index contributed by atoms with van der Waals surface area (Å²) in [5.41, 5.74) is 0. The summed E-state index contributed by atoms with van der Waals surface area (Å²) in [5.74, 6) is 1.32. The Balaban J connectivity index is 1.78. The SMILES string of the molecule is FC(F)Oc1ccc(OCC2CCOCC2)cc1. The Morgan fingerprint density at radius 2 is 1.72 bits per heavy atom. The molecule has 0 saturated carbocycles. The normalized spacial score (nSPS) is 16.8. The summed E-state index contributed by atoms with van der Waals surface area (Å²) in [6.45, 7) is -0.581. The lowest BCUT2D eigenvalue weighted by atomic mass is 10.0. The second-order valence-corrected chi connectivity index (χ2v) is 4.22. The van der Waals surface area contributed by atoms with Crippen LogP contribution in [0, 0.1) is 5.92 Å². The van der Waals surface area contributed by atoms with Gasteiger partial charge in [-0.2, -0.15) is 8.78 Å². The van der Waals surface area contributed by atoms with Gasteiger partial charge in [0.25, 0.3) is 0 Å². The van der Waals surface area contributed by atoms with Crippen molar-refractivity contribution in [1.82, 2.24) is 0 Å². The lowest BCUT2D eigenvalue weighted by Crippen LogP contribution is -2.21. The summed E-state index contributed by atoms with van der Waals surface area (Å²) in [6.07, 6.45) is 2.01. The second kappa shape index (κ2) is 6.54. The Morgan fingerprint density at radius 3 is 2.33 bits per heavy atom. The number of ether oxygens (including phenoxy) is 3. The number of halogens is 2. The molecule has 0 atom stereocenters. The van der Waals surface area contributed by atoms with Crippen molar-refractivity contribution in [3.63, 3.8) is 0 Å². The third-order valence-corrected chi connectivity index (χ3v) is 2.88. The molecule has 0 aliphatic carbocycles. The number of rotatable bonds is 5. The Morgan fingerprint density at radius 1 is 1.11 bits per heavy atom. The third kappa shape index (κ3) is 4.14. The first-order chi connectivity index (χ1) is 8.74. The van der Waals surface area contributed by atoms with E-state index in [9.17, 15) is 8.78 Å². The predicted molar refractivity (Wildman–Crippen MR) is 62.1 cm³/mol. The molecule has 1 fully saturated rings. The van der Waals surface area contributed by atoms with E-state index in [1.54, 1.807) is 12.1 Å². The minimum Gasteiger partial charge on any atom is -0.493 e. The minimum atomic E-state index is -2.79. The van der Waals surface area contributed by atoms with Crippen molar-refractivity contribution in [2.45, 2.75) is 19.5 Å². The van der Waals surface area contributed by atoms with Crippen molar-refractivity contribution in [1.29, 1.82) is 0 Å². The van der Waals surface area contributed by atoms with Gasteiger partial charge < -0.3 is 14.2 Å². The maximum atomic E-state index is 11.9. The maximum absolute atomic E-state index is 11.9. The molecule has 1 aliphatic rings. The first-order valence-electron chi connectivity index (χ1n) is 5.99. The van der Waals surface area contributed by atoms with Crippen LogP contribution in [0.4, 0.5) is 8.78 Å². The summed E-state index contributed by atoms with van der Waals surface area (Å²) in [4.78, 5) is 0. The smallest absolute Gasteiger partial charge is 0.387 e. The fraction of sp³-hybridized carbons (Fsp3) is 0.538. The predicted octanol–water partition coefficient (Wildman–Crippen LogP) is 3.09. The monoisotopic (exact) mass is 258 g/mol. The van der Waals surface area contributed by atoms with E-state index in [-0.39, 0.29) is 5.75 Å². The molecule has 0 aromatic heterocycles. The molecule has 0 unspecified atom stereocenters. The van der Waals surface area contributed by atoms with Gasteiger partial charge in [-0.3, -0.25) is 0 Å². The van der Waals surface area contributed by atoms with E-state index in [4.69, 9.17) is 9.47 Å². The van der Waals surface area contributed by atoms with Crippen molar-refractivity contribution in [3.05, 3.63) is 24.3 Å². The first-order valence-corrected chi connectivity index (χ1v) is 5.99. The Bertz CT molecular complexity index is 348. The largest absolute Gasteiger partial charge is 0.493 e. The Kier molecular flexibility index (Phi) is 4.75. The van der Waals surface area contributed by atoms with Gasteiger partial charge in [-0.15, -0.1) is 0 Å². The van der Waals surface area contributed by atoms with Crippen LogP contribution in [0.5, 0.6) is 11.5 Å². The molecule has 3 nitrogen and oxygen atoms in total. The number of benzene rings is 1. The van der Waals surface area contributed by atoms with Crippen LogP contribution in [-0.2, 0) is 4.74 Å². The minimum absolute atomic E-state index is 0.142. The first kappa shape index (κ1) is 13.1. The van der Waals surface area contributed by atoms with Gasteiger partial charge in [0.2, 0.25) is 0 Å². The molecular weight excluding hydrogens is 242 g/mol. The summed E-state index contributed by atoms with van der Waals surface area (Å²) in [6, 6.07) is 6.23. The van der Waals surface area contributed by atoms with E-state index in [1.807, 2.05) is 0 Å². The zero-order valence-electron chi connectivity index (χ0n) is 9.98. The molecule has 2 rings (SSSR count). The molecule has 0 spiro atoms. The van der Waals surface area contributed by atoms with Crippen LogP contribution in [0.2, 0.25) is 0 Å². The van der Waals surface area contributed by atoms with E-state index in [0.717, 1.165) is 26.1 Å². The Hall–Kier alpha value is -1.36. The van der Waals surface area contributed by atoms with Crippen LogP contribution in [0.1, 0.15) is 12.8 Å². The third-order valence-electron chi connectivity index (χ3n) is 2.88. The van der Waals surface area contributed by atoms with Crippen LogP contribution >= 0.6 is 0 Å². The summed E-state index contributed by atoms with van der Waals surface area (Å²) in [5, 5.41) is 0. The highest BCUT2D eigenvalue weighted by Gasteiger charge is 2.14. The van der Waals surface area contributed by atoms with Crippen LogP contribution in [-0.4, -0.2) is 26.4 Å². The number of alkyl halides is 2. The average Bonchev–Trinajstić information content (AvgIpc) is 2.38. The van der Waals surface area contributed by atoms with Gasteiger partial charge in [-0.05, 0) is 43.0 Å². The van der Waals surface area contributed by atoms with E-state index >= 15 is 0 Å². The molecule has 0 N–H and O–H groups in total. The molecule has 1 aromatic rings. The zero-order valence-corrected chi connectivity index (χ0v) is 9.98. The van der Waals surface area contributed by atoms with Gasteiger partial charge in [0.05, 0.1) is 6.61 Å². The lowest BCUT2D eigenvalue weighted by Gasteiger charge is -2.22. The summed E-state index contributed by atoms with van der Waals surface area (Å²) in [7, 11) is 0. The molecule has 1 aliphatic heterocycles. The molecule has 0 amide bonds. The van der Waals surface area contributed by atoms with Gasteiger partial charge >= 0.3 is 6.61 Å².